The molecule has 0 aliphatic carbocycles. The van der Waals surface area contributed by atoms with Crippen LogP contribution < -0.4 is 11.5 Å². The zero-order valence-electron chi connectivity index (χ0n) is 11.8. The molecule has 1 aliphatic heterocycles. The van der Waals surface area contributed by atoms with Crippen molar-refractivity contribution in [3.05, 3.63) is 33.8 Å². The van der Waals surface area contributed by atoms with Gasteiger partial charge in [-0.05, 0) is 30.5 Å². The van der Waals surface area contributed by atoms with E-state index in [1.807, 2.05) is 11.0 Å². The van der Waals surface area contributed by atoms with Crippen molar-refractivity contribution in [2.45, 2.75) is 19.4 Å². The van der Waals surface area contributed by atoms with Gasteiger partial charge in [-0.1, -0.05) is 29.3 Å². The maximum absolute atomic E-state index is 5.93. The summed E-state index contributed by atoms with van der Waals surface area (Å²) >= 11 is 11.8. The van der Waals surface area contributed by atoms with Gasteiger partial charge in [0.05, 0.1) is 16.6 Å². The molecule has 9 heteroatoms. The molecule has 0 aromatic heterocycles. The fourth-order valence-electron chi connectivity index (χ4n) is 1.98. The Morgan fingerprint density at radius 3 is 2.32 bits per heavy atom. The van der Waals surface area contributed by atoms with Crippen molar-refractivity contribution in [3.63, 3.8) is 0 Å². The maximum Gasteiger partial charge on any atom is 0.218 e. The summed E-state index contributed by atoms with van der Waals surface area (Å²) < 4.78 is 0. The number of benzene rings is 1. The molecule has 1 fully saturated rings. The number of halogens is 4. The normalized spacial score (nSPS) is 15.3. The van der Waals surface area contributed by atoms with Gasteiger partial charge in [-0.25, -0.2) is 4.99 Å². The molecule has 4 N–H and O–H groups in total. The highest BCUT2D eigenvalue weighted by Crippen LogP contribution is 2.22. The number of nitrogens with zero attached hydrogens (tertiary/aromatic N) is 3. The van der Waals surface area contributed by atoms with Crippen LogP contribution in [-0.2, 0) is 6.54 Å². The lowest BCUT2D eigenvalue weighted by Gasteiger charge is -2.15. The van der Waals surface area contributed by atoms with Crippen molar-refractivity contribution < 1.29 is 0 Å². The summed E-state index contributed by atoms with van der Waals surface area (Å²) in [6, 6.07) is 5.33. The zero-order chi connectivity index (χ0) is 14.5. The predicted molar refractivity (Wildman–Crippen MR) is 98.7 cm³/mol. The first-order chi connectivity index (χ1) is 9.56. The maximum atomic E-state index is 5.93. The second kappa shape index (κ2) is 10.0. The van der Waals surface area contributed by atoms with Crippen molar-refractivity contribution in [2.75, 3.05) is 13.1 Å². The third-order valence-corrected chi connectivity index (χ3v) is 3.81. The van der Waals surface area contributed by atoms with Gasteiger partial charge in [-0.15, -0.1) is 24.8 Å². The van der Waals surface area contributed by atoms with E-state index in [0.717, 1.165) is 31.5 Å². The van der Waals surface area contributed by atoms with Gasteiger partial charge in [0, 0.05) is 13.1 Å². The molecule has 1 aliphatic rings. The SMILES string of the molecule is Cl.Cl.NC(=NCc1ccc(Cl)c(Cl)c1)/N=C(/N)N1CCCC1. The molecule has 0 bridgehead atoms. The third kappa shape index (κ3) is 6.08. The van der Waals surface area contributed by atoms with E-state index in [9.17, 15) is 0 Å². The molecule has 22 heavy (non-hydrogen) atoms. The molecule has 1 heterocycles. The van der Waals surface area contributed by atoms with E-state index in [2.05, 4.69) is 9.98 Å². The first-order valence-electron chi connectivity index (χ1n) is 6.39. The number of guanidine groups is 2. The number of nitrogens with two attached hydrogens (primary N) is 2. The molecular formula is C13H19Cl4N5. The molecule has 0 saturated carbocycles. The average molecular weight is 387 g/mol. The minimum atomic E-state index is 0. The van der Waals surface area contributed by atoms with Gasteiger partial charge in [-0.3, -0.25) is 0 Å². The summed E-state index contributed by atoms with van der Waals surface area (Å²) in [7, 11) is 0. The van der Waals surface area contributed by atoms with Crippen LogP contribution in [0.3, 0.4) is 0 Å². The monoisotopic (exact) mass is 385 g/mol. The Morgan fingerprint density at radius 1 is 1.09 bits per heavy atom. The van der Waals surface area contributed by atoms with Crippen molar-refractivity contribution in [1.82, 2.24) is 4.90 Å². The minimum Gasteiger partial charge on any atom is -0.369 e. The van der Waals surface area contributed by atoms with Crippen LogP contribution in [0.1, 0.15) is 18.4 Å². The molecule has 0 atom stereocenters. The van der Waals surface area contributed by atoms with E-state index < -0.39 is 0 Å². The second-order valence-corrected chi connectivity index (χ2v) is 5.40. The molecule has 2 rings (SSSR count). The lowest BCUT2D eigenvalue weighted by atomic mass is 10.2. The Hall–Kier alpha value is -0.880. The van der Waals surface area contributed by atoms with Crippen molar-refractivity contribution in [2.24, 2.45) is 21.5 Å². The van der Waals surface area contributed by atoms with Crippen molar-refractivity contribution >= 4 is 59.9 Å². The van der Waals surface area contributed by atoms with Gasteiger partial charge in [0.1, 0.15) is 0 Å². The molecular weight excluding hydrogens is 368 g/mol. The van der Waals surface area contributed by atoms with E-state index in [0.29, 0.717) is 22.5 Å². The summed E-state index contributed by atoms with van der Waals surface area (Å²) in [6.45, 7) is 2.24. The van der Waals surface area contributed by atoms with E-state index in [1.54, 1.807) is 12.1 Å². The van der Waals surface area contributed by atoms with Crippen LogP contribution in [0, 0.1) is 0 Å². The Labute approximate surface area is 152 Å². The third-order valence-electron chi connectivity index (χ3n) is 3.07. The number of likely N-dealkylation sites (tertiary alicyclic amines) is 1. The number of aliphatic imine (C=N–C) groups is 2. The molecule has 0 amide bonds. The van der Waals surface area contributed by atoms with Crippen molar-refractivity contribution in [1.29, 1.82) is 0 Å². The second-order valence-electron chi connectivity index (χ2n) is 4.59. The van der Waals surface area contributed by atoms with Gasteiger partial charge >= 0.3 is 0 Å². The van der Waals surface area contributed by atoms with Crippen molar-refractivity contribution in [3.8, 4) is 0 Å². The van der Waals surface area contributed by atoms with Crippen LogP contribution in [-0.4, -0.2) is 29.9 Å². The van der Waals surface area contributed by atoms with Gasteiger partial charge in [0.2, 0.25) is 5.96 Å². The Bertz CT molecular complexity index is 541. The summed E-state index contributed by atoms with van der Waals surface area (Å²) in [6.07, 6.45) is 2.27. The fourth-order valence-corrected chi connectivity index (χ4v) is 2.30. The molecule has 1 saturated heterocycles. The van der Waals surface area contributed by atoms with Crippen LogP contribution in [0.15, 0.2) is 28.2 Å². The fraction of sp³-hybridized carbons (Fsp3) is 0.385. The first-order valence-corrected chi connectivity index (χ1v) is 7.15. The molecule has 124 valence electrons. The lowest BCUT2D eigenvalue weighted by Crippen LogP contribution is -2.36. The number of rotatable bonds is 2. The first kappa shape index (κ1) is 21.1. The molecule has 5 nitrogen and oxygen atoms in total. The smallest absolute Gasteiger partial charge is 0.218 e. The summed E-state index contributed by atoms with van der Waals surface area (Å²) in [5, 5.41) is 1.02. The van der Waals surface area contributed by atoms with Crippen LogP contribution >= 0.6 is 48.0 Å². The Morgan fingerprint density at radius 2 is 1.73 bits per heavy atom. The standard InChI is InChI=1S/C13H17Cl2N5.2ClH/c14-10-4-3-9(7-11(10)15)8-18-12(16)19-13(17)20-5-1-2-6-20;;/h3-4,7H,1-2,5-6,8H2,(H4,16,17,18,19);2*1H. The van der Waals surface area contributed by atoms with E-state index >= 15 is 0 Å². The summed E-state index contributed by atoms with van der Waals surface area (Å²) in [5.41, 5.74) is 12.5. The van der Waals surface area contributed by atoms with Gasteiger partial charge in [0.25, 0.3) is 0 Å². The van der Waals surface area contributed by atoms with E-state index in [4.69, 9.17) is 34.7 Å². The predicted octanol–water partition coefficient (Wildman–Crippen LogP) is 3.06. The lowest BCUT2D eigenvalue weighted by molar-refractivity contribution is 0.514. The van der Waals surface area contributed by atoms with Gasteiger partial charge in [-0.2, -0.15) is 4.99 Å². The van der Waals surface area contributed by atoms with Crippen LogP contribution in [0.2, 0.25) is 10.0 Å². The van der Waals surface area contributed by atoms with E-state index in [-0.39, 0.29) is 30.8 Å². The summed E-state index contributed by atoms with van der Waals surface area (Å²) in [5.74, 6) is 0.596. The zero-order valence-corrected chi connectivity index (χ0v) is 15.0. The molecule has 0 unspecified atom stereocenters. The van der Waals surface area contributed by atoms with E-state index in [1.165, 1.54) is 0 Å². The highest BCUT2D eigenvalue weighted by atomic mass is 35.5. The number of hydrogen-bond donors (Lipinski definition) is 2. The largest absolute Gasteiger partial charge is 0.369 e. The van der Waals surface area contributed by atoms with Gasteiger partial charge in [0.15, 0.2) is 5.96 Å². The average Bonchev–Trinajstić information content (AvgIpc) is 2.94. The van der Waals surface area contributed by atoms with Crippen LogP contribution in [0.5, 0.6) is 0 Å². The molecule has 1 aromatic carbocycles. The topological polar surface area (TPSA) is 80.0 Å². The molecule has 1 aromatic rings. The minimum absolute atomic E-state index is 0. The highest BCUT2D eigenvalue weighted by Gasteiger charge is 2.13. The number of hydrogen-bond acceptors (Lipinski definition) is 1. The quantitative estimate of drug-likeness (QED) is 0.605. The highest BCUT2D eigenvalue weighted by molar-refractivity contribution is 6.42. The Balaban J connectivity index is 0.00000220. The molecule has 0 spiro atoms. The molecule has 0 radical (unpaired) electrons. The summed E-state index contributed by atoms with van der Waals surface area (Å²) in [4.78, 5) is 10.3. The van der Waals surface area contributed by atoms with Gasteiger partial charge < -0.3 is 16.4 Å². The Kier molecular flexibility index (Phi) is 9.60. The van der Waals surface area contributed by atoms with Crippen LogP contribution in [0.4, 0.5) is 0 Å². The van der Waals surface area contributed by atoms with Crippen LogP contribution in [0.25, 0.3) is 0 Å².